The first-order valence-electron chi connectivity index (χ1n) is 9.58. The van der Waals surface area contributed by atoms with Gasteiger partial charge in [-0.2, -0.15) is 0 Å². The van der Waals surface area contributed by atoms with Gasteiger partial charge >= 0.3 is 6.09 Å². The topological polar surface area (TPSA) is 42.0 Å². The maximum atomic E-state index is 11.9. The fraction of sp³-hybridized carbons (Fsp3) is 0.737. The lowest BCUT2D eigenvalue weighted by molar-refractivity contribution is -0.00100. The van der Waals surface area contributed by atoms with Crippen LogP contribution in [-0.4, -0.2) is 54.3 Å². The van der Waals surface area contributed by atoms with Crippen molar-refractivity contribution >= 4 is 17.4 Å². The van der Waals surface area contributed by atoms with Crippen molar-refractivity contribution in [2.24, 2.45) is 0 Å². The van der Waals surface area contributed by atoms with Gasteiger partial charge in [0.05, 0.1) is 12.6 Å². The van der Waals surface area contributed by atoms with Crippen molar-refractivity contribution in [2.45, 2.75) is 57.3 Å². The maximum Gasteiger partial charge on any atom is 0.410 e. The van der Waals surface area contributed by atoms with Gasteiger partial charge in [0.25, 0.3) is 0 Å². The molecule has 1 atom stereocenters. The van der Waals surface area contributed by atoms with E-state index in [0.717, 1.165) is 58.6 Å². The summed E-state index contributed by atoms with van der Waals surface area (Å²) in [6.45, 7) is 7.41. The molecule has 4 heterocycles. The number of nitrogens with zero attached hydrogens (tertiary/aromatic N) is 2. The van der Waals surface area contributed by atoms with E-state index >= 15 is 0 Å². The molecule has 1 aromatic rings. The zero-order chi connectivity index (χ0) is 17.3. The fourth-order valence-electron chi connectivity index (χ4n) is 4.15. The minimum absolute atomic E-state index is 0.133. The lowest BCUT2D eigenvalue weighted by Gasteiger charge is -2.37. The Kier molecular flexibility index (Phi) is 5.02. The Hall–Kier alpha value is -1.11. The van der Waals surface area contributed by atoms with Crippen LogP contribution in [0.5, 0.6) is 0 Å². The van der Waals surface area contributed by atoms with E-state index < -0.39 is 0 Å². The molecule has 3 aliphatic heterocycles. The largest absolute Gasteiger partial charge is 0.441 e. The predicted octanol–water partition coefficient (Wildman–Crippen LogP) is 3.80. The number of likely N-dealkylation sites (tertiary alicyclic amines) is 1. The number of hydrogen-bond acceptors (Lipinski definition) is 5. The van der Waals surface area contributed by atoms with Gasteiger partial charge in [-0.1, -0.05) is 0 Å². The zero-order valence-corrected chi connectivity index (χ0v) is 15.9. The summed E-state index contributed by atoms with van der Waals surface area (Å²) in [5.41, 5.74) is -0.236. The molecule has 0 bridgehead atoms. The molecule has 4 rings (SSSR count). The van der Waals surface area contributed by atoms with Crippen molar-refractivity contribution in [2.75, 3.05) is 32.8 Å². The lowest BCUT2D eigenvalue weighted by Crippen LogP contribution is -2.46. The maximum absolute atomic E-state index is 11.9. The molecule has 0 aliphatic carbocycles. The number of ether oxygens (including phenoxy) is 2. The van der Waals surface area contributed by atoms with Gasteiger partial charge in [-0.15, -0.1) is 11.3 Å². The first-order chi connectivity index (χ1) is 12.2. The zero-order valence-electron chi connectivity index (χ0n) is 15.0. The Morgan fingerprint density at radius 3 is 2.80 bits per heavy atom. The van der Waals surface area contributed by atoms with Crippen LogP contribution in [0.25, 0.3) is 0 Å². The van der Waals surface area contributed by atoms with Crippen LogP contribution in [0.15, 0.2) is 12.1 Å². The summed E-state index contributed by atoms with van der Waals surface area (Å²) in [4.78, 5) is 19.0. The van der Waals surface area contributed by atoms with Crippen LogP contribution in [0.3, 0.4) is 0 Å². The van der Waals surface area contributed by atoms with Crippen LogP contribution in [-0.2, 0) is 16.0 Å². The Balaban J connectivity index is 1.30. The Labute approximate surface area is 153 Å². The second kappa shape index (κ2) is 7.25. The number of amides is 1. The molecule has 1 unspecified atom stereocenters. The molecule has 5 nitrogen and oxygen atoms in total. The fourth-order valence-corrected chi connectivity index (χ4v) is 5.29. The van der Waals surface area contributed by atoms with Gasteiger partial charge in [-0.25, -0.2) is 4.79 Å². The quantitative estimate of drug-likeness (QED) is 0.815. The smallest absolute Gasteiger partial charge is 0.410 e. The molecule has 0 N–H and O–H groups in total. The van der Waals surface area contributed by atoms with E-state index in [1.54, 1.807) is 0 Å². The molecule has 1 amide bonds. The van der Waals surface area contributed by atoms with Crippen molar-refractivity contribution in [1.82, 2.24) is 9.80 Å². The summed E-state index contributed by atoms with van der Waals surface area (Å²) in [6, 6.07) is 4.51. The SMILES string of the molecule is CCN1CC2(CCN(Cc3ccc(C4CCCCO4)s3)CC2)OC1=O. The molecule has 25 heavy (non-hydrogen) atoms. The Morgan fingerprint density at radius 2 is 2.12 bits per heavy atom. The third-order valence-corrected chi connectivity index (χ3v) is 6.91. The highest BCUT2D eigenvalue weighted by Gasteiger charge is 2.46. The number of piperidine rings is 1. The van der Waals surface area contributed by atoms with Crippen molar-refractivity contribution in [1.29, 1.82) is 0 Å². The van der Waals surface area contributed by atoms with Gasteiger partial charge in [0.1, 0.15) is 5.60 Å². The molecule has 6 heteroatoms. The molecule has 1 aromatic heterocycles. The normalized spacial score (nSPS) is 27.0. The van der Waals surface area contributed by atoms with E-state index in [-0.39, 0.29) is 11.7 Å². The third kappa shape index (κ3) is 3.71. The van der Waals surface area contributed by atoms with Crippen LogP contribution in [0.1, 0.15) is 54.9 Å². The molecular formula is C19H28N2O3S. The third-order valence-electron chi connectivity index (χ3n) is 5.75. The molecular weight excluding hydrogens is 336 g/mol. The molecule has 0 aromatic carbocycles. The van der Waals surface area contributed by atoms with E-state index in [9.17, 15) is 4.79 Å². The number of carbonyl (C=O) groups is 1. The summed E-state index contributed by atoms with van der Waals surface area (Å²) >= 11 is 1.90. The number of hydrogen-bond donors (Lipinski definition) is 0. The average molecular weight is 365 g/mol. The molecule has 0 saturated carbocycles. The van der Waals surface area contributed by atoms with Crippen LogP contribution in [0.4, 0.5) is 4.79 Å². The van der Waals surface area contributed by atoms with E-state index in [0.29, 0.717) is 6.10 Å². The summed E-state index contributed by atoms with van der Waals surface area (Å²) in [7, 11) is 0. The Bertz CT molecular complexity index is 604. The van der Waals surface area contributed by atoms with Crippen LogP contribution >= 0.6 is 11.3 Å². The summed E-state index contributed by atoms with van der Waals surface area (Å²) in [5.74, 6) is 0. The first-order valence-corrected chi connectivity index (χ1v) is 10.4. The van der Waals surface area contributed by atoms with Gasteiger partial charge in [-0.05, 0) is 38.3 Å². The monoisotopic (exact) mass is 364 g/mol. The van der Waals surface area contributed by atoms with Crippen molar-refractivity contribution in [3.8, 4) is 0 Å². The highest BCUT2D eigenvalue weighted by Crippen LogP contribution is 2.35. The van der Waals surface area contributed by atoms with E-state index in [1.165, 1.54) is 22.6 Å². The van der Waals surface area contributed by atoms with Crippen molar-refractivity contribution in [3.63, 3.8) is 0 Å². The molecule has 1 spiro atoms. The number of rotatable bonds is 4. The van der Waals surface area contributed by atoms with Gasteiger partial charge in [0.15, 0.2) is 0 Å². The first kappa shape index (κ1) is 17.3. The minimum atomic E-state index is -0.236. The summed E-state index contributed by atoms with van der Waals surface area (Å²) < 4.78 is 11.6. The van der Waals surface area contributed by atoms with E-state index in [2.05, 4.69) is 17.0 Å². The lowest BCUT2D eigenvalue weighted by atomic mass is 9.91. The molecule has 0 radical (unpaired) electrons. The highest BCUT2D eigenvalue weighted by atomic mass is 32.1. The minimum Gasteiger partial charge on any atom is -0.441 e. The van der Waals surface area contributed by atoms with Gasteiger partial charge in [0.2, 0.25) is 0 Å². The highest BCUT2D eigenvalue weighted by molar-refractivity contribution is 7.12. The molecule has 3 fully saturated rings. The van der Waals surface area contributed by atoms with Crippen LogP contribution in [0.2, 0.25) is 0 Å². The second-order valence-electron chi connectivity index (χ2n) is 7.50. The predicted molar refractivity (Wildman–Crippen MR) is 97.8 cm³/mol. The van der Waals surface area contributed by atoms with Crippen molar-refractivity contribution in [3.05, 3.63) is 21.9 Å². The number of likely N-dealkylation sites (N-methyl/N-ethyl adjacent to an activating group) is 1. The standard InChI is InChI=1S/C19H28N2O3S/c1-2-21-14-19(24-18(21)22)8-10-20(11-9-19)13-15-6-7-17(25-15)16-5-3-4-12-23-16/h6-7,16H,2-5,8-14H2,1H3. The van der Waals surface area contributed by atoms with Crippen molar-refractivity contribution < 1.29 is 14.3 Å². The van der Waals surface area contributed by atoms with Gasteiger partial charge in [-0.3, -0.25) is 4.90 Å². The average Bonchev–Trinajstić information content (AvgIpc) is 3.23. The van der Waals surface area contributed by atoms with Crippen LogP contribution < -0.4 is 0 Å². The summed E-state index contributed by atoms with van der Waals surface area (Å²) in [5, 5.41) is 0. The van der Waals surface area contributed by atoms with E-state index in [1.807, 2.05) is 23.2 Å². The van der Waals surface area contributed by atoms with Crippen LogP contribution in [0, 0.1) is 0 Å². The number of thiophene rings is 1. The van der Waals surface area contributed by atoms with Gasteiger partial charge < -0.3 is 14.4 Å². The Morgan fingerprint density at radius 1 is 1.28 bits per heavy atom. The van der Waals surface area contributed by atoms with E-state index in [4.69, 9.17) is 9.47 Å². The summed E-state index contributed by atoms with van der Waals surface area (Å²) in [6.07, 6.45) is 5.70. The second-order valence-corrected chi connectivity index (χ2v) is 8.70. The van der Waals surface area contributed by atoms with Gasteiger partial charge in [0, 0.05) is 55.4 Å². The molecule has 3 saturated heterocycles. The molecule has 3 aliphatic rings. The molecule has 138 valence electrons. The number of carbonyl (C=O) groups excluding carboxylic acids is 1.